The van der Waals surface area contributed by atoms with E-state index in [1.807, 2.05) is 84.9 Å². The highest BCUT2D eigenvalue weighted by molar-refractivity contribution is 6.30. The van der Waals surface area contributed by atoms with Gasteiger partial charge in [-0.15, -0.1) is 0 Å². The van der Waals surface area contributed by atoms with Crippen LogP contribution in [0.4, 0.5) is 0 Å². The Morgan fingerprint density at radius 3 is 2.14 bits per heavy atom. The molecule has 4 nitrogen and oxygen atoms in total. The fraction of sp³-hybridized carbons (Fsp3) is 0.355. The number of carbonyl (C=O) groups excluding carboxylic acids is 2. The average molecular weight is 503 g/mol. The maximum atomic E-state index is 13.8. The number of nitrogens with zero attached hydrogens (tertiary/aromatic N) is 1. The molecule has 0 aromatic heterocycles. The fourth-order valence-electron chi connectivity index (χ4n) is 4.97. The number of hydrogen-bond donors (Lipinski definition) is 1. The van der Waals surface area contributed by atoms with Crippen LogP contribution in [0.5, 0.6) is 0 Å². The van der Waals surface area contributed by atoms with Crippen LogP contribution in [0.3, 0.4) is 0 Å². The summed E-state index contributed by atoms with van der Waals surface area (Å²) >= 11 is 6.27. The molecule has 0 unspecified atom stereocenters. The third-order valence-corrected chi connectivity index (χ3v) is 7.17. The Morgan fingerprint density at radius 2 is 1.47 bits per heavy atom. The van der Waals surface area contributed by atoms with Gasteiger partial charge in [0.25, 0.3) is 0 Å². The molecule has 4 rings (SSSR count). The van der Waals surface area contributed by atoms with Crippen LogP contribution in [0.1, 0.15) is 55.2 Å². The summed E-state index contributed by atoms with van der Waals surface area (Å²) in [6.45, 7) is 0.337. The zero-order valence-corrected chi connectivity index (χ0v) is 21.5. The number of carbonyl (C=O) groups is 2. The number of rotatable bonds is 10. The predicted octanol–water partition coefficient (Wildman–Crippen LogP) is 6.36. The first-order chi connectivity index (χ1) is 17.6. The van der Waals surface area contributed by atoms with Crippen molar-refractivity contribution < 1.29 is 9.59 Å². The van der Waals surface area contributed by atoms with Crippen LogP contribution in [-0.4, -0.2) is 28.8 Å². The van der Waals surface area contributed by atoms with E-state index < -0.39 is 6.04 Å². The van der Waals surface area contributed by atoms with Gasteiger partial charge in [0.15, 0.2) is 0 Å². The summed E-state index contributed by atoms with van der Waals surface area (Å²) in [4.78, 5) is 29.3. The van der Waals surface area contributed by atoms with Crippen LogP contribution in [0, 0.1) is 0 Å². The first kappa shape index (κ1) is 26.0. The molecule has 1 atom stereocenters. The molecule has 0 spiro atoms. The van der Waals surface area contributed by atoms with Crippen LogP contribution in [0.2, 0.25) is 5.02 Å². The summed E-state index contributed by atoms with van der Waals surface area (Å²) in [7, 11) is 0. The van der Waals surface area contributed by atoms with Gasteiger partial charge < -0.3 is 10.2 Å². The zero-order valence-electron chi connectivity index (χ0n) is 20.7. The van der Waals surface area contributed by atoms with Crippen molar-refractivity contribution in [3.05, 3.63) is 107 Å². The van der Waals surface area contributed by atoms with Gasteiger partial charge in [0, 0.05) is 30.5 Å². The van der Waals surface area contributed by atoms with Gasteiger partial charge in [-0.25, -0.2) is 0 Å². The third kappa shape index (κ3) is 7.69. The largest absolute Gasteiger partial charge is 0.352 e. The van der Waals surface area contributed by atoms with Crippen molar-refractivity contribution >= 4 is 23.4 Å². The van der Waals surface area contributed by atoms with Gasteiger partial charge in [0.2, 0.25) is 11.8 Å². The highest BCUT2D eigenvalue weighted by Crippen LogP contribution is 2.21. The molecule has 0 bridgehead atoms. The molecular weight excluding hydrogens is 468 g/mol. The van der Waals surface area contributed by atoms with E-state index >= 15 is 0 Å². The maximum absolute atomic E-state index is 13.8. The number of benzene rings is 3. The molecule has 1 aliphatic carbocycles. The van der Waals surface area contributed by atoms with Gasteiger partial charge >= 0.3 is 0 Å². The average Bonchev–Trinajstić information content (AvgIpc) is 2.91. The topological polar surface area (TPSA) is 49.4 Å². The fourth-order valence-corrected chi connectivity index (χ4v) is 5.18. The molecule has 3 aromatic carbocycles. The van der Waals surface area contributed by atoms with E-state index in [1.54, 1.807) is 4.90 Å². The second-order valence-corrected chi connectivity index (χ2v) is 10.1. The first-order valence-corrected chi connectivity index (χ1v) is 13.4. The highest BCUT2D eigenvalue weighted by Gasteiger charge is 2.31. The van der Waals surface area contributed by atoms with Gasteiger partial charge in [-0.05, 0) is 48.1 Å². The van der Waals surface area contributed by atoms with Crippen molar-refractivity contribution in [1.29, 1.82) is 0 Å². The molecule has 1 N–H and O–H groups in total. The number of halogens is 1. The molecule has 0 heterocycles. The van der Waals surface area contributed by atoms with Gasteiger partial charge in [-0.2, -0.15) is 0 Å². The van der Waals surface area contributed by atoms with E-state index in [4.69, 9.17) is 11.6 Å². The molecule has 1 saturated carbocycles. The Morgan fingerprint density at radius 1 is 0.833 bits per heavy atom. The summed E-state index contributed by atoms with van der Waals surface area (Å²) < 4.78 is 0. The number of hydrogen-bond acceptors (Lipinski definition) is 2. The third-order valence-electron chi connectivity index (χ3n) is 6.93. The van der Waals surface area contributed by atoms with E-state index in [-0.39, 0.29) is 17.9 Å². The van der Waals surface area contributed by atoms with Crippen molar-refractivity contribution in [1.82, 2.24) is 10.2 Å². The van der Waals surface area contributed by atoms with Crippen LogP contribution in [-0.2, 0) is 29.0 Å². The Labute approximate surface area is 219 Å². The Balaban J connectivity index is 1.60. The Bertz CT molecular complexity index is 1110. The minimum atomic E-state index is -0.600. The normalized spacial score (nSPS) is 14.7. The molecular formula is C31H35ClN2O2. The Hall–Kier alpha value is -3.11. The van der Waals surface area contributed by atoms with Gasteiger partial charge in [0.05, 0.1) is 0 Å². The van der Waals surface area contributed by atoms with Crippen molar-refractivity contribution in [2.75, 3.05) is 0 Å². The van der Waals surface area contributed by atoms with Crippen molar-refractivity contribution in [3.63, 3.8) is 0 Å². The molecule has 36 heavy (non-hydrogen) atoms. The van der Waals surface area contributed by atoms with Crippen LogP contribution in [0.15, 0.2) is 84.9 Å². The lowest BCUT2D eigenvalue weighted by molar-refractivity contribution is -0.141. The van der Waals surface area contributed by atoms with Crippen LogP contribution < -0.4 is 5.32 Å². The summed E-state index contributed by atoms with van der Waals surface area (Å²) in [5, 5.41) is 3.91. The van der Waals surface area contributed by atoms with Crippen LogP contribution >= 0.6 is 11.6 Å². The van der Waals surface area contributed by atoms with E-state index in [0.717, 1.165) is 42.4 Å². The SMILES string of the molecule is O=C(NC1CCCCC1)[C@@H](Cc1ccccc1)N(Cc1cccc(Cl)c1)C(=O)CCc1ccccc1. The van der Waals surface area contributed by atoms with E-state index in [1.165, 1.54) is 6.42 Å². The highest BCUT2D eigenvalue weighted by atomic mass is 35.5. The van der Waals surface area contributed by atoms with Crippen LogP contribution in [0.25, 0.3) is 0 Å². The number of nitrogens with one attached hydrogen (secondary N) is 1. The quantitative estimate of drug-likeness (QED) is 0.350. The van der Waals surface area contributed by atoms with Crippen molar-refractivity contribution in [3.8, 4) is 0 Å². The lowest BCUT2D eigenvalue weighted by Crippen LogP contribution is -2.52. The minimum absolute atomic E-state index is 0.0291. The van der Waals surface area contributed by atoms with Gasteiger partial charge in [-0.1, -0.05) is 104 Å². The first-order valence-electron chi connectivity index (χ1n) is 13.0. The molecule has 5 heteroatoms. The predicted molar refractivity (Wildman–Crippen MR) is 146 cm³/mol. The van der Waals surface area contributed by atoms with Gasteiger partial charge in [-0.3, -0.25) is 9.59 Å². The minimum Gasteiger partial charge on any atom is -0.352 e. The summed E-state index contributed by atoms with van der Waals surface area (Å²) in [5.41, 5.74) is 3.06. The molecule has 0 radical (unpaired) electrons. The number of amides is 2. The molecule has 0 saturated heterocycles. The molecule has 3 aromatic rings. The molecule has 188 valence electrons. The Kier molecular flexibility index (Phi) is 9.57. The smallest absolute Gasteiger partial charge is 0.243 e. The lowest BCUT2D eigenvalue weighted by atomic mass is 9.94. The van der Waals surface area contributed by atoms with E-state index in [9.17, 15) is 9.59 Å². The zero-order chi connectivity index (χ0) is 25.2. The molecule has 0 aliphatic heterocycles. The second kappa shape index (κ2) is 13.3. The molecule has 1 aliphatic rings. The molecule has 2 amide bonds. The summed E-state index contributed by atoms with van der Waals surface area (Å²) in [6.07, 6.45) is 6.93. The summed E-state index contributed by atoms with van der Waals surface area (Å²) in [6, 6.07) is 27.1. The van der Waals surface area contributed by atoms with Gasteiger partial charge in [0.1, 0.15) is 6.04 Å². The standard InChI is InChI=1S/C31H35ClN2O2/c32-27-16-10-15-26(21-27)23-34(30(35)20-19-24-11-4-1-5-12-24)29(22-25-13-6-2-7-14-25)31(36)33-28-17-8-3-9-18-28/h1-2,4-7,10-16,21,28-29H,3,8-9,17-20,22-23H2,(H,33,36)/t29-/m1/s1. The van der Waals surface area contributed by atoms with Crippen molar-refractivity contribution in [2.24, 2.45) is 0 Å². The molecule has 1 fully saturated rings. The lowest BCUT2D eigenvalue weighted by Gasteiger charge is -2.33. The number of aryl methyl sites for hydroxylation is 1. The second-order valence-electron chi connectivity index (χ2n) is 9.69. The summed E-state index contributed by atoms with van der Waals surface area (Å²) in [5.74, 6) is -0.0978. The van der Waals surface area contributed by atoms with E-state index in [2.05, 4.69) is 5.32 Å². The maximum Gasteiger partial charge on any atom is 0.243 e. The van der Waals surface area contributed by atoms with E-state index in [0.29, 0.717) is 30.8 Å². The monoisotopic (exact) mass is 502 g/mol. The van der Waals surface area contributed by atoms with Crippen molar-refractivity contribution in [2.45, 2.75) is 70.0 Å².